The summed E-state index contributed by atoms with van der Waals surface area (Å²) in [7, 11) is 0. The molecule has 1 aromatic heterocycles. The van der Waals surface area contributed by atoms with Crippen LogP contribution in [0.1, 0.15) is 30.1 Å². The molecule has 1 rings (SSSR count). The lowest BCUT2D eigenvalue weighted by Crippen LogP contribution is -2.23. The van der Waals surface area contributed by atoms with Gasteiger partial charge in [0.25, 0.3) is 6.47 Å². The van der Waals surface area contributed by atoms with E-state index < -0.39 is 41.4 Å². The molecule has 1 heterocycles. The minimum absolute atomic E-state index is 0.100. The van der Waals surface area contributed by atoms with Crippen molar-refractivity contribution < 1.29 is 35.9 Å². The van der Waals surface area contributed by atoms with Gasteiger partial charge in [-0.3, -0.25) is 4.79 Å². The summed E-state index contributed by atoms with van der Waals surface area (Å²) in [6.45, 7) is 0.985. The molecular formula is C9H7F6N3O2. The predicted octanol–water partition coefficient (Wildman–Crippen LogP) is 2.33. The van der Waals surface area contributed by atoms with Crippen molar-refractivity contribution in [2.45, 2.75) is 25.4 Å². The highest BCUT2D eigenvalue weighted by Gasteiger charge is 2.47. The molecule has 0 bridgehead atoms. The Hall–Kier alpha value is -2.07. The van der Waals surface area contributed by atoms with Gasteiger partial charge in [-0.2, -0.15) is 26.3 Å². The number of nitrogen functional groups attached to an aromatic ring is 1. The van der Waals surface area contributed by atoms with Gasteiger partial charge in [-0.05, 0) is 6.92 Å². The third-order valence-electron chi connectivity index (χ3n) is 2.13. The fraction of sp³-hybridized carbons (Fsp3) is 0.444. The molecule has 1 atom stereocenters. The summed E-state index contributed by atoms with van der Waals surface area (Å²) in [6, 6.07) is 0. The highest BCUT2D eigenvalue weighted by molar-refractivity contribution is 5.43. The zero-order chi connectivity index (χ0) is 15.7. The van der Waals surface area contributed by atoms with E-state index in [2.05, 4.69) is 14.7 Å². The van der Waals surface area contributed by atoms with Gasteiger partial charge in [0.05, 0.1) is 0 Å². The van der Waals surface area contributed by atoms with Crippen molar-refractivity contribution in [2.75, 3.05) is 5.73 Å². The fourth-order valence-electron chi connectivity index (χ4n) is 1.30. The number of carbonyl (C=O) groups excluding carboxylic acids is 1. The van der Waals surface area contributed by atoms with Crippen LogP contribution in [0.25, 0.3) is 0 Å². The number of nitrogens with two attached hydrogens (primary N) is 1. The molecule has 0 spiro atoms. The van der Waals surface area contributed by atoms with Crippen LogP contribution in [-0.2, 0) is 21.9 Å². The van der Waals surface area contributed by atoms with Crippen molar-refractivity contribution in [3.05, 3.63) is 17.1 Å². The lowest BCUT2D eigenvalue weighted by Gasteiger charge is -2.18. The second-order valence-electron chi connectivity index (χ2n) is 3.56. The number of rotatable bonds is 3. The Labute approximate surface area is 107 Å². The maximum atomic E-state index is 12.6. The molecule has 11 heteroatoms. The first-order valence-corrected chi connectivity index (χ1v) is 4.89. The number of aromatic nitrogens is 2. The Kier molecular flexibility index (Phi) is 4.10. The van der Waals surface area contributed by atoms with Crippen LogP contribution >= 0.6 is 0 Å². The molecule has 20 heavy (non-hydrogen) atoms. The third-order valence-corrected chi connectivity index (χ3v) is 2.13. The van der Waals surface area contributed by atoms with E-state index in [0.29, 0.717) is 0 Å². The maximum Gasteiger partial charge on any atom is 0.435 e. The van der Waals surface area contributed by atoms with Gasteiger partial charge < -0.3 is 10.5 Å². The smallest absolute Gasteiger partial charge is 0.435 e. The Bertz CT molecular complexity index is 514. The van der Waals surface area contributed by atoms with Gasteiger partial charge in [0, 0.05) is 0 Å². The molecule has 0 fully saturated rings. The molecule has 112 valence electrons. The van der Waals surface area contributed by atoms with E-state index in [0.717, 1.165) is 6.92 Å². The SMILES string of the molecule is CC(OC=O)c1nc(C(F)(F)F)c(C(F)(F)F)nc1N. The van der Waals surface area contributed by atoms with Crippen molar-refractivity contribution in [1.29, 1.82) is 0 Å². The van der Waals surface area contributed by atoms with Gasteiger partial charge in [-0.15, -0.1) is 0 Å². The number of carbonyl (C=O) groups is 1. The second-order valence-corrected chi connectivity index (χ2v) is 3.56. The highest BCUT2D eigenvalue weighted by atomic mass is 19.4. The van der Waals surface area contributed by atoms with Crippen LogP contribution in [0.4, 0.5) is 32.2 Å². The molecule has 1 unspecified atom stereocenters. The fourth-order valence-corrected chi connectivity index (χ4v) is 1.30. The summed E-state index contributed by atoms with van der Waals surface area (Å²) in [4.78, 5) is 15.6. The molecule has 0 amide bonds. The molecule has 0 aliphatic carbocycles. The normalized spacial score (nSPS) is 13.9. The van der Waals surface area contributed by atoms with Gasteiger partial charge in [-0.25, -0.2) is 9.97 Å². The van der Waals surface area contributed by atoms with Crippen molar-refractivity contribution in [1.82, 2.24) is 9.97 Å². The van der Waals surface area contributed by atoms with Gasteiger partial charge in [-0.1, -0.05) is 0 Å². The summed E-state index contributed by atoms with van der Waals surface area (Å²) in [6.07, 6.45) is -12.1. The molecule has 0 radical (unpaired) electrons. The average Bonchev–Trinajstić information content (AvgIpc) is 2.25. The molecule has 0 saturated carbocycles. The highest BCUT2D eigenvalue weighted by Crippen LogP contribution is 2.39. The largest absolute Gasteiger partial charge is 0.458 e. The number of anilines is 1. The summed E-state index contributed by atoms with van der Waals surface area (Å²) >= 11 is 0. The first-order valence-electron chi connectivity index (χ1n) is 4.89. The van der Waals surface area contributed by atoms with Crippen molar-refractivity contribution in [3.63, 3.8) is 0 Å². The Balaban J connectivity index is 3.52. The molecule has 0 saturated heterocycles. The van der Waals surface area contributed by atoms with E-state index >= 15 is 0 Å². The quantitative estimate of drug-likeness (QED) is 0.685. The lowest BCUT2D eigenvalue weighted by atomic mass is 10.2. The summed E-state index contributed by atoms with van der Waals surface area (Å²) in [5.74, 6) is -0.903. The van der Waals surface area contributed by atoms with Crippen LogP contribution in [0.2, 0.25) is 0 Å². The number of hydrogen-bond donors (Lipinski definition) is 1. The Morgan fingerprint density at radius 3 is 1.95 bits per heavy atom. The van der Waals surface area contributed by atoms with E-state index in [9.17, 15) is 31.1 Å². The van der Waals surface area contributed by atoms with Gasteiger partial charge in [0.1, 0.15) is 17.6 Å². The number of ether oxygens (including phenoxy) is 1. The van der Waals surface area contributed by atoms with Crippen LogP contribution < -0.4 is 5.73 Å². The standard InChI is InChI=1S/C9H7F6N3O2/c1-3(20-2-19)4-7(16)18-6(9(13,14)15)5(17-4)8(10,11)12/h2-3H,1H3,(H2,16,18). The monoisotopic (exact) mass is 303 g/mol. The first kappa shape index (κ1) is 16.0. The number of alkyl halides is 6. The van der Waals surface area contributed by atoms with Crippen molar-refractivity contribution >= 4 is 12.3 Å². The van der Waals surface area contributed by atoms with Gasteiger partial charge >= 0.3 is 12.4 Å². The topological polar surface area (TPSA) is 78.1 Å². The summed E-state index contributed by atoms with van der Waals surface area (Å²) in [5, 5.41) is 0. The van der Waals surface area contributed by atoms with Crippen molar-refractivity contribution in [2.24, 2.45) is 0 Å². The van der Waals surface area contributed by atoms with Gasteiger partial charge in [0.2, 0.25) is 0 Å². The van der Waals surface area contributed by atoms with Crippen molar-refractivity contribution in [3.8, 4) is 0 Å². The number of nitrogens with zero attached hydrogens (tertiary/aromatic N) is 2. The van der Waals surface area contributed by atoms with Crippen LogP contribution in [0, 0.1) is 0 Å². The van der Waals surface area contributed by atoms with E-state index in [1.807, 2.05) is 0 Å². The third kappa shape index (κ3) is 3.27. The van der Waals surface area contributed by atoms with Crippen LogP contribution in [0.15, 0.2) is 0 Å². The van der Waals surface area contributed by atoms with E-state index in [1.54, 1.807) is 0 Å². The molecule has 0 aromatic carbocycles. The molecular weight excluding hydrogens is 296 g/mol. The molecule has 0 aliphatic rings. The number of halogens is 6. The minimum Gasteiger partial charge on any atom is -0.458 e. The minimum atomic E-state index is -5.39. The maximum absolute atomic E-state index is 12.6. The Morgan fingerprint density at radius 2 is 1.55 bits per heavy atom. The molecule has 1 aromatic rings. The first-order chi connectivity index (χ1) is 8.98. The van der Waals surface area contributed by atoms with Gasteiger partial charge in [0.15, 0.2) is 11.4 Å². The van der Waals surface area contributed by atoms with E-state index in [4.69, 9.17) is 5.73 Å². The molecule has 0 aliphatic heterocycles. The molecule has 2 N–H and O–H groups in total. The second kappa shape index (κ2) is 5.13. The van der Waals surface area contributed by atoms with E-state index in [-0.39, 0.29) is 6.47 Å². The zero-order valence-corrected chi connectivity index (χ0v) is 9.71. The average molecular weight is 303 g/mol. The summed E-state index contributed by atoms with van der Waals surface area (Å²) < 4.78 is 79.5. The van der Waals surface area contributed by atoms with Crippen LogP contribution in [0.5, 0.6) is 0 Å². The van der Waals surface area contributed by atoms with Crippen LogP contribution in [-0.4, -0.2) is 16.4 Å². The number of hydrogen-bond acceptors (Lipinski definition) is 5. The lowest BCUT2D eigenvalue weighted by molar-refractivity contribution is -0.167. The van der Waals surface area contributed by atoms with E-state index in [1.165, 1.54) is 0 Å². The zero-order valence-electron chi connectivity index (χ0n) is 9.71. The molecule has 5 nitrogen and oxygen atoms in total. The summed E-state index contributed by atoms with van der Waals surface area (Å²) in [5.41, 5.74) is -0.0722. The predicted molar refractivity (Wildman–Crippen MR) is 52.0 cm³/mol. The Morgan fingerprint density at radius 1 is 1.10 bits per heavy atom. The van der Waals surface area contributed by atoms with Crippen LogP contribution in [0.3, 0.4) is 0 Å².